The van der Waals surface area contributed by atoms with E-state index < -0.39 is 0 Å². The summed E-state index contributed by atoms with van der Waals surface area (Å²) in [5, 5.41) is 12.9. The van der Waals surface area contributed by atoms with E-state index in [4.69, 9.17) is 0 Å². The van der Waals surface area contributed by atoms with Gasteiger partial charge in [-0.25, -0.2) is 0 Å². The Balaban J connectivity index is 2.34. The minimum absolute atomic E-state index is 0.00868. The van der Waals surface area contributed by atoms with Gasteiger partial charge in [-0.15, -0.1) is 10.3 Å². The Hall–Kier alpha value is -0.0800. The first-order chi connectivity index (χ1) is 4.57. The fourth-order valence-corrected chi connectivity index (χ4v) is 2.38. The Labute approximate surface area is 61.8 Å². The molecule has 0 amide bonds. The molecule has 2 heteroatoms. The largest absolute Gasteiger partial charge is 0.143 e. The Morgan fingerprint density at radius 3 is 1.40 bits per heavy atom. The third kappa shape index (κ3) is 0.565. The molecule has 2 rings (SSSR count). The van der Waals surface area contributed by atoms with Crippen molar-refractivity contribution in [2.45, 2.75) is 50.6 Å². The summed E-state index contributed by atoms with van der Waals surface area (Å²) in [4.78, 5) is 0. The molecule has 0 spiro atoms. The summed E-state index contributed by atoms with van der Waals surface area (Å²) >= 11 is 0. The zero-order chi connectivity index (χ0) is 7.41. The quantitative estimate of drug-likeness (QED) is 0.502. The van der Waals surface area contributed by atoms with E-state index in [9.17, 15) is 5.21 Å². The molecule has 2 nitrogen and oxygen atoms in total. The van der Waals surface area contributed by atoms with Crippen LogP contribution >= 0.6 is 0 Å². The van der Waals surface area contributed by atoms with E-state index in [1.807, 2.05) is 0 Å². The van der Waals surface area contributed by atoms with Gasteiger partial charge in [0, 0.05) is 11.1 Å². The molecule has 0 atom stereocenters. The van der Waals surface area contributed by atoms with E-state index in [1.165, 1.54) is 5.06 Å². The Bertz CT molecular complexity index is 141. The second-order valence-electron chi connectivity index (χ2n) is 4.29. The van der Waals surface area contributed by atoms with Crippen LogP contribution in [-0.4, -0.2) is 16.1 Å². The Kier molecular flexibility index (Phi) is 1.03. The molecule has 0 unspecified atom stereocenters. The number of hydrogen-bond acceptors (Lipinski definition) is 1. The molecule has 57 valence electrons. The second kappa shape index (κ2) is 1.56. The molecule has 0 aromatic rings. The summed E-state index contributed by atoms with van der Waals surface area (Å²) in [6.45, 7) is 4.19. The first-order valence-corrected chi connectivity index (χ1v) is 4.04. The summed E-state index contributed by atoms with van der Waals surface area (Å²) in [5.74, 6) is 0. The van der Waals surface area contributed by atoms with Crippen LogP contribution in [0.2, 0.25) is 0 Å². The molecular formula is C8H14NO. The lowest BCUT2D eigenvalue weighted by Gasteiger charge is -2.25. The van der Waals surface area contributed by atoms with Crippen molar-refractivity contribution >= 4 is 0 Å². The first kappa shape index (κ1) is 6.62. The predicted molar refractivity (Wildman–Crippen MR) is 37.8 cm³/mol. The molecule has 0 saturated carbocycles. The lowest BCUT2D eigenvalue weighted by atomic mass is 9.84. The van der Waals surface area contributed by atoms with Gasteiger partial charge in [0.2, 0.25) is 0 Å². The van der Waals surface area contributed by atoms with Crippen molar-refractivity contribution in [1.29, 1.82) is 0 Å². The number of rotatable bonds is 0. The van der Waals surface area contributed by atoms with Crippen molar-refractivity contribution in [1.82, 2.24) is 5.06 Å². The monoisotopic (exact) mass is 140 g/mol. The van der Waals surface area contributed by atoms with Crippen LogP contribution < -0.4 is 0 Å². The van der Waals surface area contributed by atoms with Gasteiger partial charge >= 0.3 is 0 Å². The maximum absolute atomic E-state index is 11.5. The van der Waals surface area contributed by atoms with Crippen LogP contribution in [0.25, 0.3) is 0 Å². The van der Waals surface area contributed by atoms with Crippen LogP contribution in [0.3, 0.4) is 0 Å². The van der Waals surface area contributed by atoms with E-state index in [1.54, 1.807) is 0 Å². The van der Waals surface area contributed by atoms with Crippen molar-refractivity contribution in [3.05, 3.63) is 0 Å². The van der Waals surface area contributed by atoms with Crippen molar-refractivity contribution < 1.29 is 5.21 Å². The Morgan fingerprint density at radius 2 is 1.30 bits per heavy atom. The highest BCUT2D eigenvalue weighted by Crippen LogP contribution is 2.51. The predicted octanol–water partition coefficient (Wildman–Crippen LogP) is 1.74. The Morgan fingerprint density at radius 1 is 1.00 bits per heavy atom. The molecular weight excluding hydrogens is 126 g/mol. The van der Waals surface area contributed by atoms with E-state index in [0.717, 1.165) is 25.7 Å². The molecule has 2 heterocycles. The van der Waals surface area contributed by atoms with Crippen LogP contribution in [0.1, 0.15) is 39.5 Å². The van der Waals surface area contributed by atoms with Gasteiger partial charge in [0.05, 0.1) is 0 Å². The standard InChI is InChI=1S/C8H14NO/c1-7-3-5-8(2,6-4-7)9(7)10/h3-6H2,1-2H3. The van der Waals surface area contributed by atoms with E-state index in [0.29, 0.717) is 0 Å². The highest BCUT2D eigenvalue weighted by atomic mass is 16.5. The van der Waals surface area contributed by atoms with Crippen LogP contribution in [0.4, 0.5) is 0 Å². The maximum Gasteiger partial charge on any atom is 0.0473 e. The molecule has 0 aliphatic carbocycles. The second-order valence-corrected chi connectivity index (χ2v) is 4.29. The van der Waals surface area contributed by atoms with E-state index in [2.05, 4.69) is 13.8 Å². The zero-order valence-electron chi connectivity index (χ0n) is 6.68. The van der Waals surface area contributed by atoms with E-state index >= 15 is 0 Å². The van der Waals surface area contributed by atoms with Gasteiger partial charge < -0.3 is 0 Å². The number of hydroxylamine groups is 2. The molecule has 2 fully saturated rings. The summed E-state index contributed by atoms with van der Waals surface area (Å²) in [6.07, 6.45) is 4.42. The van der Waals surface area contributed by atoms with Crippen LogP contribution in [0.15, 0.2) is 0 Å². The summed E-state index contributed by atoms with van der Waals surface area (Å²) in [5.41, 5.74) is 0.0174. The van der Waals surface area contributed by atoms with Gasteiger partial charge in [-0.3, -0.25) is 0 Å². The third-order valence-corrected chi connectivity index (χ3v) is 3.38. The summed E-state index contributed by atoms with van der Waals surface area (Å²) < 4.78 is 0. The van der Waals surface area contributed by atoms with Gasteiger partial charge in [-0.05, 0) is 39.5 Å². The maximum atomic E-state index is 11.5. The molecule has 2 aliphatic rings. The highest BCUT2D eigenvalue weighted by molar-refractivity contribution is 5.07. The molecule has 2 bridgehead atoms. The van der Waals surface area contributed by atoms with Crippen molar-refractivity contribution in [2.24, 2.45) is 0 Å². The smallest absolute Gasteiger partial charge is 0.0473 e. The molecule has 2 saturated heterocycles. The van der Waals surface area contributed by atoms with Crippen molar-refractivity contribution in [2.75, 3.05) is 0 Å². The van der Waals surface area contributed by atoms with Gasteiger partial charge in [-0.2, -0.15) is 0 Å². The van der Waals surface area contributed by atoms with Crippen molar-refractivity contribution in [3.8, 4) is 0 Å². The van der Waals surface area contributed by atoms with Crippen LogP contribution in [0, 0.1) is 0 Å². The lowest BCUT2D eigenvalue weighted by Crippen LogP contribution is -2.39. The fourth-order valence-electron chi connectivity index (χ4n) is 2.38. The van der Waals surface area contributed by atoms with Gasteiger partial charge in [0.1, 0.15) is 0 Å². The number of nitrogens with zero attached hydrogens (tertiary/aromatic N) is 1. The molecule has 10 heavy (non-hydrogen) atoms. The third-order valence-electron chi connectivity index (χ3n) is 3.38. The molecule has 0 aromatic carbocycles. The van der Waals surface area contributed by atoms with Gasteiger partial charge in [-0.1, -0.05) is 0 Å². The zero-order valence-corrected chi connectivity index (χ0v) is 6.68. The average molecular weight is 140 g/mol. The average Bonchev–Trinajstić information content (AvgIpc) is 2.24. The topological polar surface area (TPSA) is 23.1 Å². The fraction of sp³-hybridized carbons (Fsp3) is 1.00. The van der Waals surface area contributed by atoms with Gasteiger partial charge in [0.15, 0.2) is 0 Å². The highest BCUT2D eigenvalue weighted by Gasteiger charge is 2.56. The summed E-state index contributed by atoms with van der Waals surface area (Å²) in [7, 11) is 0. The molecule has 1 radical (unpaired) electrons. The minimum atomic E-state index is 0.00868. The van der Waals surface area contributed by atoms with Crippen molar-refractivity contribution in [3.63, 3.8) is 0 Å². The molecule has 2 aliphatic heterocycles. The molecule has 0 aromatic heterocycles. The molecule has 0 N–H and O–H groups in total. The number of hydrogen-bond donors (Lipinski definition) is 0. The summed E-state index contributed by atoms with van der Waals surface area (Å²) in [6, 6.07) is 0. The van der Waals surface area contributed by atoms with Crippen LogP contribution in [0.5, 0.6) is 0 Å². The normalized spacial score (nSPS) is 54.3. The lowest BCUT2D eigenvalue weighted by molar-refractivity contribution is -0.227. The van der Waals surface area contributed by atoms with Crippen LogP contribution in [-0.2, 0) is 5.21 Å². The SMILES string of the molecule is CC12CCC(C)(CC1)N2[O]. The van der Waals surface area contributed by atoms with E-state index in [-0.39, 0.29) is 11.1 Å². The van der Waals surface area contributed by atoms with Gasteiger partial charge in [0.25, 0.3) is 0 Å². The minimum Gasteiger partial charge on any atom is -0.143 e. The number of fused-ring (bicyclic) bond motifs is 2. The first-order valence-electron chi connectivity index (χ1n) is 4.04.